The fourth-order valence-electron chi connectivity index (χ4n) is 2.12. The van der Waals surface area contributed by atoms with Crippen molar-refractivity contribution in [2.75, 3.05) is 54.0 Å². The van der Waals surface area contributed by atoms with Gasteiger partial charge in [-0.05, 0) is 26.9 Å². The SMILES string of the molecule is CN(C)CCN(C)C(=O)C1(CN)CCOCC1. The molecule has 5 heteroatoms. The summed E-state index contributed by atoms with van der Waals surface area (Å²) in [6.07, 6.45) is 1.49. The fourth-order valence-corrected chi connectivity index (χ4v) is 2.12. The van der Waals surface area contributed by atoms with Crippen LogP contribution in [-0.4, -0.2) is 69.7 Å². The molecule has 1 saturated heterocycles. The number of hydrogen-bond acceptors (Lipinski definition) is 4. The Bertz CT molecular complexity index is 250. The van der Waals surface area contributed by atoms with E-state index in [4.69, 9.17) is 10.5 Å². The molecule has 5 nitrogen and oxygen atoms in total. The third-order valence-electron chi connectivity index (χ3n) is 3.52. The molecule has 1 amide bonds. The molecule has 1 heterocycles. The number of nitrogens with two attached hydrogens (primary N) is 1. The Morgan fingerprint density at radius 2 is 1.82 bits per heavy atom. The van der Waals surface area contributed by atoms with Gasteiger partial charge < -0.3 is 20.3 Å². The lowest BCUT2D eigenvalue weighted by atomic mass is 9.79. The number of ether oxygens (including phenoxy) is 1. The summed E-state index contributed by atoms with van der Waals surface area (Å²) in [5, 5.41) is 0. The number of amides is 1. The molecule has 0 bridgehead atoms. The van der Waals surface area contributed by atoms with Gasteiger partial charge in [0.05, 0.1) is 5.41 Å². The van der Waals surface area contributed by atoms with E-state index in [0.717, 1.165) is 25.9 Å². The summed E-state index contributed by atoms with van der Waals surface area (Å²) in [5.41, 5.74) is 5.43. The number of carbonyl (C=O) groups is 1. The number of hydrogen-bond donors (Lipinski definition) is 1. The minimum Gasteiger partial charge on any atom is -0.381 e. The van der Waals surface area contributed by atoms with Crippen LogP contribution >= 0.6 is 0 Å². The number of rotatable bonds is 5. The van der Waals surface area contributed by atoms with E-state index in [-0.39, 0.29) is 11.3 Å². The smallest absolute Gasteiger partial charge is 0.230 e. The molecule has 0 aromatic rings. The fraction of sp³-hybridized carbons (Fsp3) is 0.917. The summed E-state index contributed by atoms with van der Waals surface area (Å²) in [6, 6.07) is 0. The van der Waals surface area contributed by atoms with Gasteiger partial charge in [0.15, 0.2) is 0 Å². The maximum Gasteiger partial charge on any atom is 0.230 e. The molecule has 0 atom stereocenters. The maximum atomic E-state index is 12.4. The van der Waals surface area contributed by atoms with E-state index >= 15 is 0 Å². The predicted octanol–water partition coefficient (Wildman–Crippen LogP) is -0.238. The topological polar surface area (TPSA) is 58.8 Å². The second kappa shape index (κ2) is 6.33. The van der Waals surface area contributed by atoms with E-state index in [1.54, 1.807) is 4.90 Å². The summed E-state index contributed by atoms with van der Waals surface area (Å²) >= 11 is 0. The molecule has 0 aromatic carbocycles. The molecule has 0 aromatic heterocycles. The molecule has 1 fully saturated rings. The normalized spacial score (nSPS) is 19.4. The molecule has 0 radical (unpaired) electrons. The largest absolute Gasteiger partial charge is 0.381 e. The Balaban J connectivity index is 2.58. The Kier molecular flexibility index (Phi) is 5.36. The van der Waals surface area contributed by atoms with E-state index in [1.807, 2.05) is 21.1 Å². The van der Waals surface area contributed by atoms with Gasteiger partial charge in [-0.3, -0.25) is 4.79 Å². The lowest BCUT2D eigenvalue weighted by Gasteiger charge is -2.37. The minimum atomic E-state index is -0.390. The van der Waals surface area contributed by atoms with Gasteiger partial charge in [-0.15, -0.1) is 0 Å². The molecule has 1 aliphatic heterocycles. The average Bonchev–Trinajstić information content (AvgIpc) is 2.35. The van der Waals surface area contributed by atoms with E-state index in [0.29, 0.717) is 19.8 Å². The van der Waals surface area contributed by atoms with Crippen LogP contribution < -0.4 is 5.73 Å². The maximum absolute atomic E-state index is 12.4. The van der Waals surface area contributed by atoms with Gasteiger partial charge in [-0.2, -0.15) is 0 Å². The highest BCUT2D eigenvalue weighted by molar-refractivity contribution is 5.83. The van der Waals surface area contributed by atoms with Crippen molar-refractivity contribution in [1.82, 2.24) is 9.80 Å². The van der Waals surface area contributed by atoms with Gasteiger partial charge in [-0.1, -0.05) is 0 Å². The first-order valence-electron chi connectivity index (χ1n) is 6.20. The van der Waals surface area contributed by atoms with E-state index in [1.165, 1.54) is 0 Å². The van der Waals surface area contributed by atoms with Crippen molar-refractivity contribution >= 4 is 5.91 Å². The monoisotopic (exact) mass is 243 g/mol. The molecule has 0 aliphatic carbocycles. The zero-order valence-electron chi connectivity index (χ0n) is 11.2. The van der Waals surface area contributed by atoms with Gasteiger partial charge >= 0.3 is 0 Å². The number of likely N-dealkylation sites (N-methyl/N-ethyl adjacent to an activating group) is 2. The average molecular weight is 243 g/mol. The van der Waals surface area contributed by atoms with Crippen LogP contribution in [0.4, 0.5) is 0 Å². The van der Waals surface area contributed by atoms with Crippen LogP contribution in [0.1, 0.15) is 12.8 Å². The van der Waals surface area contributed by atoms with Gasteiger partial charge in [0, 0.05) is 39.9 Å². The van der Waals surface area contributed by atoms with Crippen LogP contribution in [0.5, 0.6) is 0 Å². The van der Waals surface area contributed by atoms with Crippen molar-refractivity contribution in [2.45, 2.75) is 12.8 Å². The highest BCUT2D eigenvalue weighted by Gasteiger charge is 2.40. The number of carbonyl (C=O) groups excluding carboxylic acids is 1. The van der Waals surface area contributed by atoms with Crippen molar-refractivity contribution in [2.24, 2.45) is 11.1 Å². The first-order valence-corrected chi connectivity index (χ1v) is 6.20. The Morgan fingerprint density at radius 1 is 1.24 bits per heavy atom. The van der Waals surface area contributed by atoms with Crippen molar-refractivity contribution in [1.29, 1.82) is 0 Å². The summed E-state index contributed by atoms with van der Waals surface area (Å²) in [6.45, 7) is 3.32. The summed E-state index contributed by atoms with van der Waals surface area (Å²) in [4.78, 5) is 16.3. The number of nitrogens with zero attached hydrogens (tertiary/aromatic N) is 2. The zero-order chi connectivity index (χ0) is 12.9. The van der Waals surface area contributed by atoms with Crippen LogP contribution in [0.3, 0.4) is 0 Å². The lowest BCUT2D eigenvalue weighted by molar-refractivity contribution is -0.145. The third kappa shape index (κ3) is 3.66. The van der Waals surface area contributed by atoms with Gasteiger partial charge in [-0.25, -0.2) is 0 Å². The first kappa shape index (κ1) is 14.4. The third-order valence-corrected chi connectivity index (χ3v) is 3.52. The summed E-state index contributed by atoms with van der Waals surface area (Å²) in [7, 11) is 5.87. The van der Waals surface area contributed by atoms with Crippen molar-refractivity contribution < 1.29 is 9.53 Å². The molecule has 17 heavy (non-hydrogen) atoms. The van der Waals surface area contributed by atoms with E-state index in [2.05, 4.69) is 4.90 Å². The predicted molar refractivity (Wildman–Crippen MR) is 67.7 cm³/mol. The Hall–Kier alpha value is -0.650. The lowest BCUT2D eigenvalue weighted by Crippen LogP contribution is -2.50. The summed E-state index contributed by atoms with van der Waals surface area (Å²) < 4.78 is 5.32. The molecule has 0 saturated carbocycles. The molecule has 2 N–H and O–H groups in total. The van der Waals surface area contributed by atoms with Crippen molar-refractivity contribution in [3.63, 3.8) is 0 Å². The molecule has 0 spiro atoms. The van der Waals surface area contributed by atoms with Crippen LogP contribution in [0.15, 0.2) is 0 Å². The molecule has 1 aliphatic rings. The second-order valence-corrected chi connectivity index (χ2v) is 5.13. The van der Waals surface area contributed by atoms with Crippen molar-refractivity contribution in [3.05, 3.63) is 0 Å². The molecular formula is C12H25N3O2. The standard InChI is InChI=1S/C12H25N3O2/c1-14(2)6-7-15(3)11(16)12(10-13)4-8-17-9-5-12/h4-10,13H2,1-3H3. The molecule has 100 valence electrons. The second-order valence-electron chi connectivity index (χ2n) is 5.13. The van der Waals surface area contributed by atoms with Crippen LogP contribution in [0, 0.1) is 5.41 Å². The zero-order valence-corrected chi connectivity index (χ0v) is 11.2. The summed E-state index contributed by atoms with van der Waals surface area (Å²) in [5.74, 6) is 0.171. The van der Waals surface area contributed by atoms with Crippen LogP contribution in [0.25, 0.3) is 0 Å². The van der Waals surface area contributed by atoms with Gasteiger partial charge in [0.2, 0.25) is 5.91 Å². The van der Waals surface area contributed by atoms with E-state index < -0.39 is 0 Å². The Labute approximate surface area is 104 Å². The Morgan fingerprint density at radius 3 is 2.29 bits per heavy atom. The van der Waals surface area contributed by atoms with Crippen LogP contribution in [-0.2, 0) is 9.53 Å². The van der Waals surface area contributed by atoms with Crippen molar-refractivity contribution in [3.8, 4) is 0 Å². The van der Waals surface area contributed by atoms with Crippen LogP contribution in [0.2, 0.25) is 0 Å². The molecular weight excluding hydrogens is 218 g/mol. The highest BCUT2D eigenvalue weighted by Crippen LogP contribution is 2.31. The highest BCUT2D eigenvalue weighted by atomic mass is 16.5. The quantitative estimate of drug-likeness (QED) is 0.724. The minimum absolute atomic E-state index is 0.171. The van der Waals surface area contributed by atoms with Gasteiger partial charge in [0.1, 0.15) is 0 Å². The molecule has 0 unspecified atom stereocenters. The first-order chi connectivity index (χ1) is 8.02. The molecule has 1 rings (SSSR count). The van der Waals surface area contributed by atoms with Gasteiger partial charge in [0.25, 0.3) is 0 Å². The van der Waals surface area contributed by atoms with E-state index in [9.17, 15) is 4.79 Å².